The fourth-order valence-corrected chi connectivity index (χ4v) is 2.43. The highest BCUT2D eigenvalue weighted by atomic mass is 16.5. The molecule has 1 aliphatic rings. The Morgan fingerprint density at radius 2 is 2.24 bits per heavy atom. The van der Waals surface area contributed by atoms with E-state index in [1.165, 1.54) is 0 Å². The smallest absolute Gasteiger partial charge is 0.225 e. The standard InChI is InChI=1S/C16H21N3O2/c1-12-11-21-13(2)10-19(12)8-7-16(20)18-15-6-4-3-5-14(15)9-17/h3-6,12-13H,7-8,10-11H2,1-2H3,(H,18,20). The Morgan fingerprint density at radius 3 is 3.00 bits per heavy atom. The molecular formula is C16H21N3O2. The molecule has 1 N–H and O–H groups in total. The Hall–Kier alpha value is -1.90. The Bertz CT molecular complexity index is 539. The van der Waals surface area contributed by atoms with Gasteiger partial charge in [0.25, 0.3) is 0 Å². The molecule has 1 aromatic rings. The van der Waals surface area contributed by atoms with E-state index in [2.05, 4.69) is 23.2 Å². The average molecular weight is 287 g/mol. The molecule has 1 fully saturated rings. The van der Waals surface area contributed by atoms with E-state index >= 15 is 0 Å². The van der Waals surface area contributed by atoms with Crippen LogP contribution in [-0.2, 0) is 9.53 Å². The van der Waals surface area contributed by atoms with E-state index in [4.69, 9.17) is 10.00 Å². The van der Waals surface area contributed by atoms with Gasteiger partial charge in [-0.2, -0.15) is 5.26 Å². The molecule has 5 nitrogen and oxygen atoms in total. The molecule has 21 heavy (non-hydrogen) atoms. The fraction of sp³-hybridized carbons (Fsp3) is 0.500. The molecule has 0 aromatic heterocycles. The van der Waals surface area contributed by atoms with Crippen molar-refractivity contribution >= 4 is 11.6 Å². The van der Waals surface area contributed by atoms with Crippen LogP contribution in [0.15, 0.2) is 24.3 Å². The molecule has 1 saturated heterocycles. The minimum atomic E-state index is -0.0657. The van der Waals surface area contributed by atoms with Gasteiger partial charge in [-0.15, -0.1) is 0 Å². The highest BCUT2D eigenvalue weighted by molar-refractivity contribution is 5.92. The maximum Gasteiger partial charge on any atom is 0.225 e. The molecule has 1 aromatic carbocycles. The van der Waals surface area contributed by atoms with Crippen molar-refractivity contribution in [1.82, 2.24) is 4.90 Å². The number of para-hydroxylation sites is 1. The highest BCUT2D eigenvalue weighted by Gasteiger charge is 2.23. The van der Waals surface area contributed by atoms with Gasteiger partial charge in [0.05, 0.1) is 24.0 Å². The molecule has 1 heterocycles. The van der Waals surface area contributed by atoms with Crippen molar-refractivity contribution in [3.05, 3.63) is 29.8 Å². The third kappa shape index (κ3) is 4.28. The fourth-order valence-electron chi connectivity index (χ4n) is 2.43. The van der Waals surface area contributed by atoms with Crippen LogP contribution in [0.1, 0.15) is 25.8 Å². The Morgan fingerprint density at radius 1 is 1.48 bits per heavy atom. The first-order chi connectivity index (χ1) is 10.1. The molecule has 0 aliphatic carbocycles. The zero-order valence-corrected chi connectivity index (χ0v) is 12.5. The van der Waals surface area contributed by atoms with E-state index in [0.717, 1.165) is 6.54 Å². The third-order valence-corrected chi connectivity index (χ3v) is 3.68. The summed E-state index contributed by atoms with van der Waals surface area (Å²) < 4.78 is 5.57. The van der Waals surface area contributed by atoms with Crippen molar-refractivity contribution < 1.29 is 9.53 Å². The third-order valence-electron chi connectivity index (χ3n) is 3.68. The minimum absolute atomic E-state index is 0.0657. The first-order valence-electron chi connectivity index (χ1n) is 7.24. The lowest BCUT2D eigenvalue weighted by atomic mass is 10.1. The lowest BCUT2D eigenvalue weighted by molar-refractivity contribution is -0.117. The van der Waals surface area contributed by atoms with Gasteiger partial charge in [0.15, 0.2) is 0 Å². The lowest BCUT2D eigenvalue weighted by Crippen LogP contribution is -2.48. The maximum atomic E-state index is 12.0. The van der Waals surface area contributed by atoms with Gasteiger partial charge in [-0.25, -0.2) is 0 Å². The number of hydrogen-bond acceptors (Lipinski definition) is 4. The van der Waals surface area contributed by atoms with E-state index in [0.29, 0.717) is 36.9 Å². The number of rotatable bonds is 4. The number of amides is 1. The quantitative estimate of drug-likeness (QED) is 0.920. The van der Waals surface area contributed by atoms with Crippen LogP contribution in [0.5, 0.6) is 0 Å². The topological polar surface area (TPSA) is 65.4 Å². The van der Waals surface area contributed by atoms with E-state index in [1.54, 1.807) is 18.2 Å². The summed E-state index contributed by atoms with van der Waals surface area (Å²) in [5, 5.41) is 11.8. The molecule has 0 bridgehead atoms. The number of benzene rings is 1. The maximum absolute atomic E-state index is 12.0. The number of morpholine rings is 1. The van der Waals surface area contributed by atoms with Crippen LogP contribution < -0.4 is 5.32 Å². The van der Waals surface area contributed by atoms with Gasteiger partial charge in [0.1, 0.15) is 6.07 Å². The number of carbonyl (C=O) groups is 1. The zero-order valence-electron chi connectivity index (χ0n) is 12.5. The van der Waals surface area contributed by atoms with Gasteiger partial charge in [0.2, 0.25) is 5.91 Å². The van der Waals surface area contributed by atoms with Gasteiger partial charge >= 0.3 is 0 Å². The predicted octanol–water partition coefficient (Wildman–Crippen LogP) is 2.00. The predicted molar refractivity (Wildman–Crippen MR) is 80.9 cm³/mol. The van der Waals surface area contributed by atoms with Gasteiger partial charge in [0, 0.05) is 25.6 Å². The first kappa shape index (κ1) is 15.5. The van der Waals surface area contributed by atoms with Crippen LogP contribution in [0.3, 0.4) is 0 Å². The van der Waals surface area contributed by atoms with Gasteiger partial charge in [-0.05, 0) is 26.0 Å². The van der Waals surface area contributed by atoms with Crippen molar-refractivity contribution in [3.63, 3.8) is 0 Å². The summed E-state index contributed by atoms with van der Waals surface area (Å²) >= 11 is 0. The molecule has 1 aliphatic heterocycles. The lowest BCUT2D eigenvalue weighted by Gasteiger charge is -2.36. The molecule has 0 spiro atoms. The zero-order chi connectivity index (χ0) is 15.2. The summed E-state index contributed by atoms with van der Waals surface area (Å²) in [5.74, 6) is -0.0657. The molecule has 112 valence electrons. The normalized spacial score (nSPS) is 22.5. The minimum Gasteiger partial charge on any atom is -0.376 e. The summed E-state index contributed by atoms with van der Waals surface area (Å²) in [7, 11) is 0. The van der Waals surface area contributed by atoms with E-state index in [9.17, 15) is 4.79 Å². The summed E-state index contributed by atoms with van der Waals surface area (Å²) in [6, 6.07) is 9.44. The number of anilines is 1. The van der Waals surface area contributed by atoms with Gasteiger partial charge in [-0.1, -0.05) is 12.1 Å². The molecule has 0 saturated carbocycles. The van der Waals surface area contributed by atoms with Crippen molar-refractivity contribution in [2.24, 2.45) is 0 Å². The van der Waals surface area contributed by atoms with Crippen LogP contribution in [-0.4, -0.2) is 42.6 Å². The number of nitrogens with one attached hydrogen (secondary N) is 1. The monoisotopic (exact) mass is 287 g/mol. The van der Waals surface area contributed by atoms with Gasteiger partial charge < -0.3 is 10.1 Å². The van der Waals surface area contributed by atoms with Crippen LogP contribution in [0.4, 0.5) is 5.69 Å². The van der Waals surface area contributed by atoms with Crippen molar-refractivity contribution in [2.75, 3.05) is 25.0 Å². The Balaban J connectivity index is 1.86. The number of carbonyl (C=O) groups excluding carboxylic acids is 1. The Labute approximate surface area is 125 Å². The first-order valence-corrected chi connectivity index (χ1v) is 7.24. The average Bonchev–Trinajstić information content (AvgIpc) is 2.49. The van der Waals surface area contributed by atoms with Crippen LogP contribution in [0, 0.1) is 11.3 Å². The van der Waals surface area contributed by atoms with E-state index < -0.39 is 0 Å². The summed E-state index contributed by atoms with van der Waals surface area (Å²) in [6.07, 6.45) is 0.625. The SMILES string of the molecule is CC1CN(CCC(=O)Nc2ccccc2C#N)C(C)CO1. The van der Waals surface area contributed by atoms with Crippen LogP contribution in [0.25, 0.3) is 0 Å². The molecule has 5 heteroatoms. The highest BCUT2D eigenvalue weighted by Crippen LogP contribution is 2.15. The molecule has 0 radical (unpaired) electrons. The van der Waals surface area contributed by atoms with Crippen molar-refractivity contribution in [2.45, 2.75) is 32.4 Å². The molecule has 2 atom stereocenters. The number of hydrogen-bond donors (Lipinski definition) is 1. The largest absolute Gasteiger partial charge is 0.376 e. The summed E-state index contributed by atoms with van der Waals surface area (Å²) in [4.78, 5) is 14.3. The van der Waals surface area contributed by atoms with Crippen LogP contribution in [0.2, 0.25) is 0 Å². The van der Waals surface area contributed by atoms with E-state index in [1.807, 2.05) is 13.0 Å². The second kappa shape index (κ2) is 7.21. The number of nitrogens with zero attached hydrogens (tertiary/aromatic N) is 2. The Kier molecular flexibility index (Phi) is 5.32. The molecule has 2 rings (SSSR count). The number of ether oxygens (including phenoxy) is 1. The second-order valence-electron chi connectivity index (χ2n) is 5.44. The summed E-state index contributed by atoms with van der Waals surface area (Å²) in [6.45, 7) is 6.41. The number of nitriles is 1. The second-order valence-corrected chi connectivity index (χ2v) is 5.44. The van der Waals surface area contributed by atoms with E-state index in [-0.39, 0.29) is 12.0 Å². The summed E-state index contributed by atoms with van der Waals surface area (Å²) in [5.41, 5.74) is 1.06. The van der Waals surface area contributed by atoms with Crippen molar-refractivity contribution in [3.8, 4) is 6.07 Å². The van der Waals surface area contributed by atoms with Crippen molar-refractivity contribution in [1.29, 1.82) is 5.26 Å². The molecular weight excluding hydrogens is 266 g/mol. The molecule has 1 amide bonds. The van der Waals surface area contributed by atoms with Gasteiger partial charge in [-0.3, -0.25) is 9.69 Å². The molecule has 2 unspecified atom stereocenters. The van der Waals surface area contributed by atoms with Crippen LogP contribution >= 0.6 is 0 Å².